The number of carbonyl (C=O) groups is 1. The fraction of sp³-hybridized carbons (Fsp3) is 0.156. The standard InChI is InChI=1S/C32H26FN3O3S/c1-3-25-28(31(38)39-2)29(21-9-5-4-6-10-21)36-30(37)27(40-32(36)34-25)17-22-19-35(26-12-8-7-11-24(22)26)18-20-13-15-23(33)16-14-20/h4-17,19,29H,3,18H2,1-2H3/b27-17-/t29-/m1/s1. The molecule has 1 aliphatic heterocycles. The maximum Gasteiger partial charge on any atom is 0.338 e. The van der Waals surface area contributed by atoms with Gasteiger partial charge in [0.25, 0.3) is 5.56 Å². The molecule has 0 unspecified atom stereocenters. The second-order valence-corrected chi connectivity index (χ2v) is 10.6. The normalized spacial score (nSPS) is 15.3. The van der Waals surface area contributed by atoms with Crippen molar-refractivity contribution < 1.29 is 13.9 Å². The molecular formula is C32H26FN3O3S. The number of hydrogen-bond donors (Lipinski definition) is 0. The number of nitrogens with zero attached hydrogens (tertiary/aromatic N) is 3. The predicted molar refractivity (Wildman–Crippen MR) is 154 cm³/mol. The zero-order valence-electron chi connectivity index (χ0n) is 22.0. The van der Waals surface area contributed by atoms with E-state index < -0.39 is 12.0 Å². The van der Waals surface area contributed by atoms with Gasteiger partial charge in [-0.05, 0) is 41.8 Å². The van der Waals surface area contributed by atoms with E-state index in [0.29, 0.717) is 33.6 Å². The summed E-state index contributed by atoms with van der Waals surface area (Å²) in [5, 5.41) is 1.000. The second kappa shape index (κ2) is 10.5. The first-order valence-electron chi connectivity index (χ1n) is 13.0. The number of rotatable bonds is 6. The van der Waals surface area contributed by atoms with Crippen molar-refractivity contribution in [3.63, 3.8) is 0 Å². The van der Waals surface area contributed by atoms with Gasteiger partial charge < -0.3 is 9.30 Å². The van der Waals surface area contributed by atoms with Gasteiger partial charge in [-0.3, -0.25) is 9.36 Å². The molecule has 0 N–H and O–H groups in total. The van der Waals surface area contributed by atoms with E-state index >= 15 is 0 Å². The van der Waals surface area contributed by atoms with Gasteiger partial charge in [0.1, 0.15) is 5.82 Å². The molecule has 1 atom stereocenters. The van der Waals surface area contributed by atoms with Gasteiger partial charge in [0.05, 0.1) is 29.0 Å². The van der Waals surface area contributed by atoms with Crippen LogP contribution in [0.1, 0.15) is 36.1 Å². The highest BCUT2D eigenvalue weighted by atomic mass is 32.1. The summed E-state index contributed by atoms with van der Waals surface area (Å²) in [5.74, 6) is -0.764. The average molecular weight is 552 g/mol. The highest BCUT2D eigenvalue weighted by Crippen LogP contribution is 2.31. The number of carbonyl (C=O) groups excluding carboxylic acids is 1. The number of benzene rings is 3. The van der Waals surface area contributed by atoms with Crippen LogP contribution < -0.4 is 14.9 Å². The first-order valence-corrected chi connectivity index (χ1v) is 13.8. The van der Waals surface area contributed by atoms with Gasteiger partial charge in [-0.2, -0.15) is 0 Å². The van der Waals surface area contributed by atoms with Crippen molar-refractivity contribution >= 4 is 34.3 Å². The van der Waals surface area contributed by atoms with Crippen molar-refractivity contribution in [2.45, 2.75) is 25.9 Å². The second-order valence-electron chi connectivity index (χ2n) is 9.55. The molecule has 40 heavy (non-hydrogen) atoms. The summed E-state index contributed by atoms with van der Waals surface area (Å²) in [6.07, 6.45) is 4.43. The zero-order valence-corrected chi connectivity index (χ0v) is 22.8. The van der Waals surface area contributed by atoms with Gasteiger partial charge in [-0.25, -0.2) is 14.2 Å². The molecule has 0 saturated heterocycles. The fourth-order valence-electron chi connectivity index (χ4n) is 5.26. The first kappa shape index (κ1) is 25.7. The summed E-state index contributed by atoms with van der Waals surface area (Å²) >= 11 is 1.31. The SMILES string of the molecule is CCC1=C(C(=O)OC)[C@@H](c2ccccc2)n2c(s/c(=C\c3cn(Cc4ccc(F)cc4)c4ccccc34)c2=O)=N1. The van der Waals surface area contributed by atoms with Crippen molar-refractivity contribution in [2.75, 3.05) is 7.11 Å². The Bertz CT molecular complexity index is 1950. The first-order chi connectivity index (χ1) is 19.5. The molecule has 1 aliphatic rings. The molecule has 0 amide bonds. The van der Waals surface area contributed by atoms with E-state index in [1.54, 1.807) is 16.7 Å². The van der Waals surface area contributed by atoms with E-state index in [1.165, 1.54) is 30.6 Å². The van der Waals surface area contributed by atoms with Crippen LogP contribution in [0.2, 0.25) is 0 Å². The Balaban J connectivity index is 1.53. The number of thiazole rings is 1. The Labute approximate surface area is 233 Å². The average Bonchev–Trinajstić information content (AvgIpc) is 3.49. The molecular weight excluding hydrogens is 525 g/mol. The largest absolute Gasteiger partial charge is 0.466 e. The molecule has 0 spiro atoms. The maximum atomic E-state index is 14.0. The van der Waals surface area contributed by atoms with Crippen molar-refractivity contribution in [3.05, 3.63) is 139 Å². The van der Waals surface area contributed by atoms with Crippen LogP contribution in [0.4, 0.5) is 4.39 Å². The molecule has 0 radical (unpaired) electrons. The monoisotopic (exact) mass is 551 g/mol. The van der Waals surface area contributed by atoms with E-state index in [1.807, 2.05) is 73.8 Å². The molecule has 3 aromatic carbocycles. The molecule has 6 nitrogen and oxygen atoms in total. The minimum atomic E-state index is -0.637. The number of esters is 1. The van der Waals surface area contributed by atoms with E-state index in [4.69, 9.17) is 9.73 Å². The Morgan fingerprint density at radius 3 is 2.50 bits per heavy atom. The lowest BCUT2D eigenvalue weighted by Crippen LogP contribution is -2.40. The maximum absolute atomic E-state index is 14.0. The molecule has 8 heteroatoms. The molecule has 0 fully saturated rings. The summed E-state index contributed by atoms with van der Waals surface area (Å²) in [6, 6.07) is 23.3. The summed E-state index contributed by atoms with van der Waals surface area (Å²) < 4.78 is 22.8. The highest BCUT2D eigenvalue weighted by molar-refractivity contribution is 7.07. The van der Waals surface area contributed by atoms with Gasteiger partial charge in [0.2, 0.25) is 0 Å². The summed E-state index contributed by atoms with van der Waals surface area (Å²) in [4.78, 5) is 32.3. The van der Waals surface area contributed by atoms with Crippen LogP contribution in [0.25, 0.3) is 17.0 Å². The van der Waals surface area contributed by atoms with Crippen molar-refractivity contribution in [1.29, 1.82) is 0 Å². The third kappa shape index (κ3) is 4.50. The molecule has 3 heterocycles. The predicted octanol–water partition coefficient (Wildman–Crippen LogP) is 4.94. The van der Waals surface area contributed by atoms with Crippen LogP contribution in [-0.2, 0) is 16.1 Å². The van der Waals surface area contributed by atoms with Gasteiger partial charge in [0, 0.05) is 29.2 Å². The summed E-state index contributed by atoms with van der Waals surface area (Å²) in [5.41, 5.74) is 4.46. The number of fused-ring (bicyclic) bond motifs is 2. The molecule has 0 saturated carbocycles. The number of hydrogen-bond acceptors (Lipinski definition) is 5. The number of para-hydroxylation sites is 1. The zero-order chi connectivity index (χ0) is 27.8. The topological polar surface area (TPSA) is 65.6 Å². The molecule has 2 aromatic heterocycles. The van der Waals surface area contributed by atoms with Gasteiger partial charge in [-0.15, -0.1) is 0 Å². The molecule has 0 bridgehead atoms. The summed E-state index contributed by atoms with van der Waals surface area (Å²) in [7, 11) is 1.34. The van der Waals surface area contributed by atoms with Crippen LogP contribution in [0.5, 0.6) is 0 Å². The number of allylic oxidation sites excluding steroid dienone is 1. The quantitative estimate of drug-likeness (QED) is 0.281. The molecule has 0 aliphatic carbocycles. The third-order valence-electron chi connectivity index (χ3n) is 7.14. The lowest BCUT2D eigenvalue weighted by molar-refractivity contribution is -0.136. The Morgan fingerprint density at radius 1 is 1.05 bits per heavy atom. The molecule has 5 aromatic rings. The van der Waals surface area contributed by atoms with Crippen LogP contribution in [0.15, 0.2) is 106 Å². The van der Waals surface area contributed by atoms with Gasteiger partial charge in [0.15, 0.2) is 4.80 Å². The smallest absolute Gasteiger partial charge is 0.338 e. The number of halogens is 1. The number of ether oxygens (including phenoxy) is 1. The summed E-state index contributed by atoms with van der Waals surface area (Å²) in [6.45, 7) is 2.50. The lowest BCUT2D eigenvalue weighted by atomic mass is 9.95. The fourth-order valence-corrected chi connectivity index (χ4v) is 6.27. The highest BCUT2D eigenvalue weighted by Gasteiger charge is 2.33. The van der Waals surface area contributed by atoms with Crippen molar-refractivity contribution in [3.8, 4) is 0 Å². The lowest BCUT2D eigenvalue weighted by Gasteiger charge is -2.25. The minimum absolute atomic E-state index is 0.218. The number of methoxy groups -OCH3 is 1. The van der Waals surface area contributed by atoms with Crippen LogP contribution in [-0.4, -0.2) is 22.2 Å². The van der Waals surface area contributed by atoms with Gasteiger partial charge in [-0.1, -0.05) is 78.9 Å². The van der Waals surface area contributed by atoms with E-state index in [2.05, 4.69) is 4.57 Å². The number of aromatic nitrogens is 2. The Morgan fingerprint density at radius 2 is 1.77 bits per heavy atom. The van der Waals surface area contributed by atoms with Crippen molar-refractivity contribution in [1.82, 2.24) is 9.13 Å². The van der Waals surface area contributed by atoms with Gasteiger partial charge >= 0.3 is 5.97 Å². The van der Waals surface area contributed by atoms with Crippen LogP contribution >= 0.6 is 11.3 Å². The Kier molecular flexibility index (Phi) is 6.77. The third-order valence-corrected chi connectivity index (χ3v) is 8.12. The van der Waals surface area contributed by atoms with E-state index in [-0.39, 0.29) is 11.4 Å². The van der Waals surface area contributed by atoms with Crippen molar-refractivity contribution in [2.24, 2.45) is 4.99 Å². The van der Waals surface area contributed by atoms with E-state index in [9.17, 15) is 14.0 Å². The molecule has 200 valence electrons. The Hall–Kier alpha value is -4.56. The molecule has 6 rings (SSSR count). The van der Waals surface area contributed by atoms with Crippen LogP contribution in [0.3, 0.4) is 0 Å². The van der Waals surface area contributed by atoms with E-state index in [0.717, 1.165) is 27.6 Å². The van der Waals surface area contributed by atoms with Crippen LogP contribution in [0, 0.1) is 5.82 Å². The minimum Gasteiger partial charge on any atom is -0.466 e.